The molecule has 0 fully saturated rings. The van der Waals surface area contributed by atoms with Crippen LogP contribution in [0.2, 0.25) is 0 Å². The van der Waals surface area contributed by atoms with E-state index in [0.717, 1.165) is 11.5 Å². The largest absolute Gasteiger partial charge is 0.377 e. The van der Waals surface area contributed by atoms with Gasteiger partial charge in [0.05, 0.1) is 11.4 Å². The van der Waals surface area contributed by atoms with E-state index < -0.39 is 0 Å². The highest BCUT2D eigenvalue weighted by Crippen LogP contribution is 2.12. The standard InChI is InChI=1S/C6H10N4OS/c1-4-2-5(11-10-4)3-12-6(7)9-8/h2H,3,8H2,1H3,(H2,7,9). The van der Waals surface area contributed by atoms with E-state index in [1.165, 1.54) is 11.8 Å². The smallest absolute Gasteiger partial charge is 0.177 e. The monoisotopic (exact) mass is 186 g/mol. The number of nitrogens with zero attached hydrogens (tertiary/aromatic N) is 2. The molecule has 0 aliphatic rings. The van der Waals surface area contributed by atoms with Gasteiger partial charge in [0.1, 0.15) is 5.76 Å². The van der Waals surface area contributed by atoms with E-state index >= 15 is 0 Å². The summed E-state index contributed by atoms with van der Waals surface area (Å²) in [5, 5.41) is 7.36. The van der Waals surface area contributed by atoms with Crippen LogP contribution in [-0.4, -0.2) is 10.3 Å². The van der Waals surface area contributed by atoms with Crippen LogP contribution in [0.25, 0.3) is 0 Å². The molecule has 0 radical (unpaired) electrons. The number of hydrogen-bond donors (Lipinski definition) is 2. The topological polar surface area (TPSA) is 90.4 Å². The number of aryl methyl sites for hydroxylation is 1. The molecule has 0 spiro atoms. The maximum atomic E-state index is 5.35. The highest BCUT2D eigenvalue weighted by atomic mass is 32.2. The Bertz CT molecular complexity index is 283. The van der Waals surface area contributed by atoms with E-state index in [9.17, 15) is 0 Å². The number of thioether (sulfide) groups is 1. The van der Waals surface area contributed by atoms with E-state index in [1.807, 2.05) is 13.0 Å². The molecule has 0 aliphatic heterocycles. The van der Waals surface area contributed by atoms with Crippen LogP contribution in [0.4, 0.5) is 0 Å². The van der Waals surface area contributed by atoms with Crippen molar-refractivity contribution in [1.29, 1.82) is 0 Å². The van der Waals surface area contributed by atoms with E-state index in [-0.39, 0.29) is 0 Å². The van der Waals surface area contributed by atoms with Gasteiger partial charge in [-0.25, -0.2) is 0 Å². The molecule has 1 aromatic rings. The van der Waals surface area contributed by atoms with Crippen LogP contribution in [0.5, 0.6) is 0 Å². The average molecular weight is 186 g/mol. The molecule has 66 valence electrons. The van der Waals surface area contributed by atoms with Crippen LogP contribution in [0.15, 0.2) is 15.7 Å². The lowest BCUT2D eigenvalue weighted by Gasteiger charge is -1.93. The Morgan fingerprint density at radius 1 is 1.83 bits per heavy atom. The average Bonchev–Trinajstić information content (AvgIpc) is 2.47. The minimum Gasteiger partial charge on any atom is -0.377 e. The molecule has 0 unspecified atom stereocenters. The molecule has 0 saturated carbocycles. The molecule has 0 bridgehead atoms. The molecule has 0 aliphatic carbocycles. The molecule has 1 rings (SSSR count). The Kier molecular flexibility index (Phi) is 2.98. The van der Waals surface area contributed by atoms with E-state index in [4.69, 9.17) is 16.1 Å². The molecular weight excluding hydrogens is 176 g/mol. The van der Waals surface area contributed by atoms with Crippen LogP contribution in [0.1, 0.15) is 11.5 Å². The number of aromatic nitrogens is 1. The van der Waals surface area contributed by atoms with Crippen molar-refractivity contribution in [3.8, 4) is 0 Å². The van der Waals surface area contributed by atoms with Crippen LogP contribution in [0, 0.1) is 6.92 Å². The molecule has 0 aromatic carbocycles. The molecule has 0 amide bonds. The van der Waals surface area contributed by atoms with Crippen molar-refractivity contribution in [3.05, 3.63) is 17.5 Å². The predicted molar refractivity (Wildman–Crippen MR) is 48.3 cm³/mol. The summed E-state index contributed by atoms with van der Waals surface area (Å²) >= 11 is 1.31. The van der Waals surface area contributed by atoms with Crippen molar-refractivity contribution >= 4 is 16.9 Å². The first-order chi connectivity index (χ1) is 5.72. The Morgan fingerprint density at radius 2 is 2.58 bits per heavy atom. The molecule has 1 heterocycles. The molecule has 4 N–H and O–H groups in total. The fourth-order valence-electron chi connectivity index (χ4n) is 0.667. The van der Waals surface area contributed by atoms with Crippen molar-refractivity contribution in [3.63, 3.8) is 0 Å². The molecule has 0 atom stereocenters. The normalized spacial score (nSPS) is 11.9. The van der Waals surface area contributed by atoms with E-state index in [2.05, 4.69) is 10.3 Å². The summed E-state index contributed by atoms with van der Waals surface area (Å²) in [6.07, 6.45) is 0. The lowest BCUT2D eigenvalue weighted by atomic mass is 10.4. The summed E-state index contributed by atoms with van der Waals surface area (Å²) in [5.41, 5.74) is 6.21. The second-order valence-corrected chi connectivity index (χ2v) is 3.19. The first-order valence-electron chi connectivity index (χ1n) is 3.30. The second kappa shape index (κ2) is 4.01. The van der Waals surface area contributed by atoms with Gasteiger partial charge in [-0.05, 0) is 6.92 Å². The quantitative estimate of drug-likeness (QED) is 0.302. The van der Waals surface area contributed by atoms with Crippen LogP contribution < -0.4 is 11.6 Å². The lowest BCUT2D eigenvalue weighted by molar-refractivity contribution is 0.391. The predicted octanol–water partition coefficient (Wildman–Crippen LogP) is 0.405. The third kappa shape index (κ3) is 2.46. The van der Waals surface area contributed by atoms with Crippen molar-refractivity contribution in [2.24, 2.45) is 16.7 Å². The zero-order valence-electron chi connectivity index (χ0n) is 6.65. The Hall–Kier alpha value is -1.17. The molecule has 5 nitrogen and oxygen atoms in total. The summed E-state index contributed by atoms with van der Waals surface area (Å²) in [4.78, 5) is 0. The van der Waals surface area contributed by atoms with Gasteiger partial charge in [0.25, 0.3) is 0 Å². The van der Waals surface area contributed by atoms with Crippen molar-refractivity contribution in [2.45, 2.75) is 12.7 Å². The van der Waals surface area contributed by atoms with Gasteiger partial charge >= 0.3 is 0 Å². The number of hydrazone groups is 1. The maximum absolute atomic E-state index is 5.35. The number of amidine groups is 1. The van der Waals surface area contributed by atoms with Gasteiger partial charge < -0.3 is 16.1 Å². The van der Waals surface area contributed by atoms with Gasteiger partial charge in [0, 0.05) is 6.07 Å². The number of nitrogens with two attached hydrogens (primary N) is 2. The molecule has 6 heteroatoms. The van der Waals surface area contributed by atoms with Crippen molar-refractivity contribution < 1.29 is 4.52 Å². The lowest BCUT2D eigenvalue weighted by Crippen LogP contribution is -2.09. The van der Waals surface area contributed by atoms with Gasteiger partial charge in [-0.2, -0.15) is 5.10 Å². The van der Waals surface area contributed by atoms with Gasteiger partial charge in [0.2, 0.25) is 0 Å². The Balaban J connectivity index is 2.43. The van der Waals surface area contributed by atoms with Gasteiger partial charge in [-0.3, -0.25) is 0 Å². The molecule has 12 heavy (non-hydrogen) atoms. The Morgan fingerprint density at radius 3 is 3.08 bits per heavy atom. The fourth-order valence-corrected chi connectivity index (χ4v) is 1.17. The third-order valence-corrected chi connectivity index (χ3v) is 2.00. The molecular formula is C6H10N4OS. The summed E-state index contributed by atoms with van der Waals surface area (Å²) in [5.74, 6) is 6.31. The van der Waals surface area contributed by atoms with Crippen molar-refractivity contribution in [1.82, 2.24) is 5.16 Å². The van der Waals surface area contributed by atoms with E-state index in [0.29, 0.717) is 10.9 Å². The Labute approximate surface area is 74.2 Å². The summed E-state index contributed by atoms with van der Waals surface area (Å²) in [7, 11) is 0. The molecule has 1 aromatic heterocycles. The maximum Gasteiger partial charge on any atom is 0.177 e. The van der Waals surface area contributed by atoms with Gasteiger partial charge in [-0.1, -0.05) is 16.9 Å². The summed E-state index contributed by atoms with van der Waals surface area (Å²) in [6.45, 7) is 1.86. The summed E-state index contributed by atoms with van der Waals surface area (Å²) < 4.78 is 4.94. The third-order valence-electron chi connectivity index (χ3n) is 1.17. The van der Waals surface area contributed by atoms with Gasteiger partial charge in [0.15, 0.2) is 5.17 Å². The second-order valence-electron chi connectivity index (χ2n) is 2.19. The number of rotatable bonds is 2. The van der Waals surface area contributed by atoms with Crippen LogP contribution in [0.3, 0.4) is 0 Å². The first kappa shape index (κ1) is 8.92. The minimum atomic E-state index is 0.337. The van der Waals surface area contributed by atoms with Crippen LogP contribution >= 0.6 is 11.8 Å². The highest BCUT2D eigenvalue weighted by Gasteiger charge is 2.01. The first-order valence-corrected chi connectivity index (χ1v) is 4.29. The zero-order chi connectivity index (χ0) is 8.97. The molecule has 0 saturated heterocycles. The SMILES string of the molecule is Cc1cc(CSC(N)=NN)on1. The summed E-state index contributed by atoms with van der Waals surface area (Å²) in [6, 6.07) is 1.84. The van der Waals surface area contributed by atoms with Crippen LogP contribution in [-0.2, 0) is 5.75 Å². The van der Waals surface area contributed by atoms with Crippen molar-refractivity contribution in [2.75, 3.05) is 0 Å². The highest BCUT2D eigenvalue weighted by molar-refractivity contribution is 8.13. The van der Waals surface area contributed by atoms with Gasteiger partial charge in [-0.15, -0.1) is 0 Å². The zero-order valence-corrected chi connectivity index (χ0v) is 7.47. The fraction of sp³-hybridized carbons (Fsp3) is 0.333. The number of hydrogen-bond acceptors (Lipinski definition) is 5. The van der Waals surface area contributed by atoms with E-state index in [1.54, 1.807) is 0 Å². The minimum absolute atomic E-state index is 0.337.